The lowest BCUT2D eigenvalue weighted by Gasteiger charge is -2.32. The average Bonchev–Trinajstić information content (AvgIpc) is 2.53. The molecule has 0 spiro atoms. The summed E-state index contributed by atoms with van der Waals surface area (Å²) in [7, 11) is 0. The summed E-state index contributed by atoms with van der Waals surface area (Å²) in [6, 6.07) is 16.7. The predicted octanol–water partition coefficient (Wildman–Crippen LogP) is 2.62. The maximum absolute atomic E-state index is 11.5. The molecule has 0 fully saturated rings. The topological polar surface area (TPSA) is 66.8 Å². The molecule has 0 bridgehead atoms. The van der Waals surface area contributed by atoms with Gasteiger partial charge in [-0.1, -0.05) is 54.6 Å². The Bertz CT molecular complexity index is 721. The van der Waals surface area contributed by atoms with E-state index >= 15 is 0 Å². The number of aliphatic carboxylic acids is 1. The van der Waals surface area contributed by atoms with E-state index in [0.29, 0.717) is 0 Å². The van der Waals surface area contributed by atoms with E-state index in [9.17, 15) is 15.0 Å². The van der Waals surface area contributed by atoms with Crippen LogP contribution in [0.1, 0.15) is 16.7 Å². The zero-order valence-corrected chi connectivity index (χ0v) is 11.9. The number of ether oxygens (including phenoxy) is 1. The maximum atomic E-state index is 11.5. The van der Waals surface area contributed by atoms with Crippen LogP contribution in [0.25, 0.3) is 6.08 Å². The van der Waals surface area contributed by atoms with Crippen molar-refractivity contribution in [2.45, 2.75) is 18.8 Å². The van der Waals surface area contributed by atoms with Gasteiger partial charge >= 0.3 is 5.97 Å². The van der Waals surface area contributed by atoms with Crippen LogP contribution in [-0.4, -0.2) is 22.0 Å². The minimum Gasteiger partial charge on any atom is -0.478 e. The van der Waals surface area contributed by atoms with Crippen LogP contribution in [0.15, 0.2) is 60.2 Å². The summed E-state index contributed by atoms with van der Waals surface area (Å²) < 4.78 is 5.59. The van der Waals surface area contributed by atoms with Crippen molar-refractivity contribution < 1.29 is 19.7 Å². The summed E-state index contributed by atoms with van der Waals surface area (Å²) in [4.78, 5) is 11.5. The van der Waals surface area contributed by atoms with Gasteiger partial charge in [-0.3, -0.25) is 0 Å². The number of benzene rings is 2. The van der Waals surface area contributed by atoms with Gasteiger partial charge in [0, 0.05) is 6.42 Å². The second-order valence-corrected chi connectivity index (χ2v) is 5.30. The zero-order valence-electron chi connectivity index (χ0n) is 11.9. The summed E-state index contributed by atoms with van der Waals surface area (Å²) in [6.45, 7) is 0.143. The van der Waals surface area contributed by atoms with Crippen molar-refractivity contribution in [1.29, 1.82) is 0 Å². The minimum absolute atomic E-state index is 0.119. The van der Waals surface area contributed by atoms with Gasteiger partial charge in [0.15, 0.2) is 0 Å². The van der Waals surface area contributed by atoms with Gasteiger partial charge in [0.05, 0.1) is 12.2 Å². The van der Waals surface area contributed by atoms with Crippen LogP contribution in [0.2, 0.25) is 0 Å². The van der Waals surface area contributed by atoms with Gasteiger partial charge in [-0.05, 0) is 22.8 Å². The molecule has 2 N–H and O–H groups in total. The third kappa shape index (κ3) is 2.79. The largest absolute Gasteiger partial charge is 0.478 e. The summed E-state index contributed by atoms with van der Waals surface area (Å²) in [6.07, 6.45) is 1.60. The molecule has 22 heavy (non-hydrogen) atoms. The van der Waals surface area contributed by atoms with Crippen molar-refractivity contribution in [2.75, 3.05) is 0 Å². The van der Waals surface area contributed by atoms with Gasteiger partial charge in [-0.15, -0.1) is 0 Å². The third-order valence-electron chi connectivity index (χ3n) is 3.76. The number of carbonyl (C=O) groups is 1. The van der Waals surface area contributed by atoms with Crippen LogP contribution in [0.4, 0.5) is 0 Å². The standard InChI is InChI=1S/C18H16O4/c19-17(20)16-10-14-8-4-5-9-15(14)11-18(16,21)22-12-13-6-2-1-3-7-13/h1-10,21H,11-12H2,(H,19,20). The fraction of sp³-hybridized carbons (Fsp3) is 0.167. The van der Waals surface area contributed by atoms with Gasteiger partial charge in [0.25, 0.3) is 0 Å². The van der Waals surface area contributed by atoms with Crippen molar-refractivity contribution in [3.05, 3.63) is 76.9 Å². The highest BCUT2D eigenvalue weighted by atomic mass is 16.6. The molecule has 0 aliphatic heterocycles. The number of hydrogen-bond acceptors (Lipinski definition) is 3. The molecule has 2 aromatic carbocycles. The molecule has 0 aromatic heterocycles. The molecule has 0 radical (unpaired) electrons. The summed E-state index contributed by atoms with van der Waals surface area (Å²) in [5.74, 6) is -3.00. The van der Waals surface area contributed by atoms with Gasteiger partial charge in [0.2, 0.25) is 5.79 Å². The van der Waals surface area contributed by atoms with Crippen molar-refractivity contribution in [2.24, 2.45) is 0 Å². The first-order valence-electron chi connectivity index (χ1n) is 7.02. The third-order valence-corrected chi connectivity index (χ3v) is 3.76. The molecule has 2 aromatic rings. The Labute approximate surface area is 128 Å². The molecule has 1 aliphatic rings. The van der Waals surface area contributed by atoms with Crippen LogP contribution in [-0.2, 0) is 22.6 Å². The summed E-state index contributed by atoms with van der Waals surface area (Å²) in [5.41, 5.74) is 2.40. The quantitative estimate of drug-likeness (QED) is 0.851. The van der Waals surface area contributed by atoms with Crippen LogP contribution < -0.4 is 0 Å². The van der Waals surface area contributed by atoms with E-state index in [4.69, 9.17) is 4.74 Å². The Hall–Kier alpha value is -2.43. The highest BCUT2D eigenvalue weighted by molar-refractivity contribution is 5.95. The molecule has 0 amide bonds. The molecule has 0 saturated heterocycles. The van der Waals surface area contributed by atoms with Crippen LogP contribution in [0.3, 0.4) is 0 Å². The Morgan fingerprint density at radius 3 is 2.50 bits per heavy atom. The Balaban J connectivity index is 1.89. The van der Waals surface area contributed by atoms with Gasteiger partial charge in [-0.2, -0.15) is 0 Å². The SMILES string of the molecule is O=C(O)C1=Cc2ccccc2CC1(O)OCc1ccccc1. The second kappa shape index (κ2) is 5.75. The highest BCUT2D eigenvalue weighted by Gasteiger charge is 2.40. The Morgan fingerprint density at radius 2 is 1.77 bits per heavy atom. The molecule has 112 valence electrons. The number of aliphatic hydroxyl groups is 1. The lowest BCUT2D eigenvalue weighted by atomic mass is 9.87. The first kappa shape index (κ1) is 14.5. The van der Waals surface area contributed by atoms with Crippen molar-refractivity contribution in [3.63, 3.8) is 0 Å². The average molecular weight is 296 g/mol. The van der Waals surface area contributed by atoms with Crippen molar-refractivity contribution in [1.82, 2.24) is 0 Å². The summed E-state index contributed by atoms with van der Waals surface area (Å²) >= 11 is 0. The van der Waals surface area contributed by atoms with Gasteiger partial charge in [-0.25, -0.2) is 4.79 Å². The number of rotatable bonds is 4. The first-order valence-corrected chi connectivity index (χ1v) is 7.02. The molecular formula is C18H16O4. The van der Waals surface area contributed by atoms with E-state index in [1.54, 1.807) is 0 Å². The normalized spacial score (nSPS) is 20.1. The minimum atomic E-state index is -1.82. The van der Waals surface area contributed by atoms with E-state index in [1.165, 1.54) is 6.08 Å². The van der Waals surface area contributed by atoms with E-state index in [1.807, 2.05) is 54.6 Å². The molecular weight excluding hydrogens is 280 g/mol. The Kier molecular flexibility index (Phi) is 3.79. The highest BCUT2D eigenvalue weighted by Crippen LogP contribution is 2.33. The number of fused-ring (bicyclic) bond motifs is 1. The first-order chi connectivity index (χ1) is 10.6. The van der Waals surface area contributed by atoms with E-state index in [2.05, 4.69) is 0 Å². The molecule has 0 saturated carbocycles. The molecule has 3 rings (SSSR count). The number of carboxylic acid groups (broad SMARTS) is 1. The molecule has 1 atom stereocenters. The monoisotopic (exact) mass is 296 g/mol. The number of hydrogen-bond donors (Lipinski definition) is 2. The van der Waals surface area contributed by atoms with Crippen LogP contribution in [0, 0.1) is 0 Å². The molecule has 4 nitrogen and oxygen atoms in total. The fourth-order valence-electron chi connectivity index (χ4n) is 2.59. The van der Waals surface area contributed by atoms with Gasteiger partial charge in [0.1, 0.15) is 0 Å². The van der Waals surface area contributed by atoms with Crippen LogP contribution >= 0.6 is 0 Å². The maximum Gasteiger partial charge on any atom is 0.337 e. The van der Waals surface area contributed by atoms with Crippen LogP contribution in [0.5, 0.6) is 0 Å². The predicted molar refractivity (Wildman–Crippen MR) is 81.9 cm³/mol. The van der Waals surface area contributed by atoms with E-state index in [-0.39, 0.29) is 18.6 Å². The van der Waals surface area contributed by atoms with E-state index in [0.717, 1.165) is 16.7 Å². The molecule has 4 heteroatoms. The lowest BCUT2D eigenvalue weighted by molar-refractivity contribution is -0.188. The lowest BCUT2D eigenvalue weighted by Crippen LogP contribution is -2.42. The summed E-state index contributed by atoms with van der Waals surface area (Å²) in [5, 5.41) is 20.1. The fourth-order valence-corrected chi connectivity index (χ4v) is 2.59. The van der Waals surface area contributed by atoms with Gasteiger partial charge < -0.3 is 14.9 Å². The molecule has 1 aliphatic carbocycles. The molecule has 0 heterocycles. The second-order valence-electron chi connectivity index (χ2n) is 5.30. The van der Waals surface area contributed by atoms with E-state index < -0.39 is 11.8 Å². The Morgan fingerprint density at radius 1 is 1.09 bits per heavy atom. The number of carboxylic acids is 1. The molecule has 1 unspecified atom stereocenters. The zero-order chi connectivity index (χ0) is 15.6. The van der Waals surface area contributed by atoms with Crippen molar-refractivity contribution in [3.8, 4) is 0 Å². The smallest absolute Gasteiger partial charge is 0.337 e. The van der Waals surface area contributed by atoms with Crippen molar-refractivity contribution >= 4 is 12.0 Å².